The smallest absolute Gasteiger partial charge is 0.251 e. The van der Waals surface area contributed by atoms with E-state index in [-0.39, 0.29) is 18.3 Å². The summed E-state index contributed by atoms with van der Waals surface area (Å²) in [5, 5.41) is 18.0. The predicted molar refractivity (Wildman–Crippen MR) is 65.5 cm³/mol. The number of oxime groups is 1. The summed E-state index contributed by atoms with van der Waals surface area (Å²) in [5.74, 6) is -0.0812. The van der Waals surface area contributed by atoms with Gasteiger partial charge in [-0.25, -0.2) is 0 Å². The SMILES string of the molecule is CCCOCC(=O)Nc1c(C(N)=NO)cnn1C. The fraction of sp³-hybridized carbons (Fsp3) is 0.500. The molecule has 0 aromatic carbocycles. The largest absolute Gasteiger partial charge is 0.409 e. The molecule has 1 rings (SSSR count). The predicted octanol–water partition coefficient (Wildman–Crippen LogP) is -0.120. The average Bonchev–Trinajstić information content (AvgIpc) is 2.71. The number of anilines is 1. The zero-order chi connectivity index (χ0) is 13.5. The third-order valence-corrected chi connectivity index (χ3v) is 2.16. The molecule has 1 amide bonds. The molecule has 4 N–H and O–H groups in total. The Morgan fingerprint density at radius 2 is 2.44 bits per heavy atom. The molecule has 0 aliphatic rings. The fourth-order valence-corrected chi connectivity index (χ4v) is 1.30. The number of aromatic nitrogens is 2. The summed E-state index contributed by atoms with van der Waals surface area (Å²) in [6.45, 7) is 2.43. The van der Waals surface area contributed by atoms with Gasteiger partial charge in [-0.05, 0) is 6.42 Å². The minimum Gasteiger partial charge on any atom is -0.409 e. The van der Waals surface area contributed by atoms with Crippen LogP contribution >= 0.6 is 0 Å². The number of hydrogen-bond acceptors (Lipinski definition) is 5. The van der Waals surface area contributed by atoms with E-state index in [2.05, 4.69) is 15.6 Å². The van der Waals surface area contributed by atoms with Crippen LogP contribution in [0.25, 0.3) is 0 Å². The molecule has 1 aromatic heterocycles. The lowest BCUT2D eigenvalue weighted by Crippen LogP contribution is -2.23. The zero-order valence-corrected chi connectivity index (χ0v) is 10.4. The molecular formula is C10H17N5O3. The first-order valence-corrected chi connectivity index (χ1v) is 5.47. The third kappa shape index (κ3) is 3.45. The van der Waals surface area contributed by atoms with Crippen molar-refractivity contribution in [1.29, 1.82) is 0 Å². The minimum atomic E-state index is -0.320. The molecule has 0 fully saturated rings. The van der Waals surface area contributed by atoms with Gasteiger partial charge in [0.05, 0.1) is 11.8 Å². The zero-order valence-electron chi connectivity index (χ0n) is 10.4. The molecular weight excluding hydrogens is 238 g/mol. The van der Waals surface area contributed by atoms with Crippen molar-refractivity contribution in [3.05, 3.63) is 11.8 Å². The van der Waals surface area contributed by atoms with Crippen LogP contribution in [0.3, 0.4) is 0 Å². The van der Waals surface area contributed by atoms with Crippen LogP contribution in [-0.4, -0.2) is 39.9 Å². The molecule has 0 saturated heterocycles. The van der Waals surface area contributed by atoms with Crippen molar-refractivity contribution in [2.24, 2.45) is 17.9 Å². The summed E-state index contributed by atoms with van der Waals surface area (Å²) in [5.41, 5.74) is 5.82. The second-order valence-electron chi connectivity index (χ2n) is 3.62. The van der Waals surface area contributed by atoms with Crippen LogP contribution in [0.4, 0.5) is 5.82 Å². The first-order valence-electron chi connectivity index (χ1n) is 5.47. The number of hydrogen-bond donors (Lipinski definition) is 3. The van der Waals surface area contributed by atoms with Gasteiger partial charge < -0.3 is 21.0 Å². The minimum absolute atomic E-state index is 0.0470. The summed E-state index contributed by atoms with van der Waals surface area (Å²) in [4.78, 5) is 11.6. The highest BCUT2D eigenvalue weighted by atomic mass is 16.5. The summed E-state index contributed by atoms with van der Waals surface area (Å²) >= 11 is 0. The van der Waals surface area contributed by atoms with Crippen LogP contribution in [0.2, 0.25) is 0 Å². The Kier molecular flexibility index (Phi) is 5.12. The Bertz CT molecular complexity index is 441. The Balaban J connectivity index is 2.72. The lowest BCUT2D eigenvalue weighted by molar-refractivity contribution is -0.120. The van der Waals surface area contributed by atoms with E-state index in [4.69, 9.17) is 15.7 Å². The molecule has 8 nitrogen and oxygen atoms in total. The first kappa shape index (κ1) is 14.0. The molecule has 8 heteroatoms. The molecule has 0 spiro atoms. The van der Waals surface area contributed by atoms with Gasteiger partial charge in [-0.1, -0.05) is 12.1 Å². The number of amides is 1. The van der Waals surface area contributed by atoms with Crippen LogP contribution in [0, 0.1) is 0 Å². The number of rotatable bonds is 6. The Morgan fingerprint density at radius 1 is 1.72 bits per heavy atom. The van der Waals surface area contributed by atoms with Crippen molar-refractivity contribution in [3.8, 4) is 0 Å². The maximum absolute atomic E-state index is 11.6. The van der Waals surface area contributed by atoms with Gasteiger partial charge >= 0.3 is 0 Å². The first-order chi connectivity index (χ1) is 8.60. The van der Waals surface area contributed by atoms with Gasteiger partial charge in [0.2, 0.25) is 0 Å². The Hall–Kier alpha value is -2.09. The maximum atomic E-state index is 11.6. The molecule has 0 aliphatic carbocycles. The van der Waals surface area contributed by atoms with Gasteiger partial charge in [-0.3, -0.25) is 9.48 Å². The van der Waals surface area contributed by atoms with E-state index in [0.29, 0.717) is 18.0 Å². The monoisotopic (exact) mass is 255 g/mol. The average molecular weight is 255 g/mol. The maximum Gasteiger partial charge on any atom is 0.251 e. The van der Waals surface area contributed by atoms with Crippen molar-refractivity contribution in [2.45, 2.75) is 13.3 Å². The molecule has 0 radical (unpaired) electrons. The number of carbonyl (C=O) groups is 1. The number of nitrogens with zero attached hydrogens (tertiary/aromatic N) is 3. The fourth-order valence-electron chi connectivity index (χ4n) is 1.30. The van der Waals surface area contributed by atoms with E-state index in [0.717, 1.165) is 6.42 Å². The standard InChI is InChI=1S/C10H17N5O3/c1-3-4-18-6-8(16)13-10-7(9(11)14-17)5-12-15(10)2/h5,17H,3-4,6H2,1-2H3,(H2,11,14)(H,13,16). The van der Waals surface area contributed by atoms with Gasteiger partial charge in [0, 0.05) is 13.7 Å². The van der Waals surface area contributed by atoms with E-state index in [9.17, 15) is 4.79 Å². The summed E-state index contributed by atoms with van der Waals surface area (Å²) in [6.07, 6.45) is 2.24. The summed E-state index contributed by atoms with van der Waals surface area (Å²) in [6, 6.07) is 0. The molecule has 1 heterocycles. The summed E-state index contributed by atoms with van der Waals surface area (Å²) < 4.78 is 6.53. The molecule has 0 saturated carbocycles. The number of amidine groups is 1. The van der Waals surface area contributed by atoms with E-state index in [1.165, 1.54) is 10.9 Å². The molecule has 1 aromatic rings. The number of ether oxygens (including phenoxy) is 1. The number of carbonyl (C=O) groups excluding carboxylic acids is 1. The highest BCUT2D eigenvalue weighted by molar-refractivity contribution is 6.04. The highest BCUT2D eigenvalue weighted by Crippen LogP contribution is 2.13. The second kappa shape index (κ2) is 6.60. The van der Waals surface area contributed by atoms with Crippen LogP contribution in [0.5, 0.6) is 0 Å². The van der Waals surface area contributed by atoms with Gasteiger partial charge in [0.25, 0.3) is 5.91 Å². The van der Waals surface area contributed by atoms with Crippen LogP contribution in [0.15, 0.2) is 11.4 Å². The van der Waals surface area contributed by atoms with E-state index < -0.39 is 0 Å². The van der Waals surface area contributed by atoms with Gasteiger partial charge in [-0.15, -0.1) is 0 Å². The third-order valence-electron chi connectivity index (χ3n) is 2.16. The lowest BCUT2D eigenvalue weighted by atomic mass is 10.3. The highest BCUT2D eigenvalue weighted by Gasteiger charge is 2.15. The Morgan fingerprint density at radius 3 is 3.06 bits per heavy atom. The van der Waals surface area contributed by atoms with Crippen LogP contribution in [-0.2, 0) is 16.6 Å². The molecule has 0 bridgehead atoms. The molecule has 0 aliphatic heterocycles. The molecule has 0 unspecified atom stereocenters. The lowest BCUT2D eigenvalue weighted by Gasteiger charge is -2.08. The van der Waals surface area contributed by atoms with Crippen molar-refractivity contribution in [1.82, 2.24) is 9.78 Å². The van der Waals surface area contributed by atoms with Gasteiger partial charge in [0.15, 0.2) is 5.84 Å². The quantitative estimate of drug-likeness (QED) is 0.215. The Labute approximate surface area is 104 Å². The number of nitrogens with one attached hydrogen (secondary N) is 1. The van der Waals surface area contributed by atoms with Crippen molar-refractivity contribution in [2.75, 3.05) is 18.5 Å². The van der Waals surface area contributed by atoms with E-state index >= 15 is 0 Å². The van der Waals surface area contributed by atoms with Gasteiger partial charge in [-0.2, -0.15) is 5.10 Å². The van der Waals surface area contributed by atoms with Crippen molar-refractivity contribution in [3.63, 3.8) is 0 Å². The molecule has 100 valence electrons. The molecule has 0 atom stereocenters. The topological polar surface area (TPSA) is 115 Å². The van der Waals surface area contributed by atoms with Crippen molar-refractivity contribution >= 4 is 17.6 Å². The second-order valence-corrected chi connectivity index (χ2v) is 3.62. The van der Waals surface area contributed by atoms with Gasteiger partial charge in [0.1, 0.15) is 12.4 Å². The van der Waals surface area contributed by atoms with E-state index in [1.54, 1.807) is 7.05 Å². The van der Waals surface area contributed by atoms with Crippen LogP contribution < -0.4 is 11.1 Å². The number of nitrogens with two attached hydrogens (primary N) is 1. The van der Waals surface area contributed by atoms with Crippen LogP contribution in [0.1, 0.15) is 18.9 Å². The van der Waals surface area contributed by atoms with Crippen molar-refractivity contribution < 1.29 is 14.7 Å². The molecule has 18 heavy (non-hydrogen) atoms. The van der Waals surface area contributed by atoms with E-state index in [1.807, 2.05) is 6.92 Å². The summed E-state index contributed by atoms with van der Waals surface area (Å²) in [7, 11) is 1.64. The normalized spacial score (nSPS) is 11.6. The number of aryl methyl sites for hydroxylation is 1.